The van der Waals surface area contributed by atoms with E-state index in [1.54, 1.807) is 0 Å². The van der Waals surface area contributed by atoms with Gasteiger partial charge in [0, 0.05) is 62.5 Å². The number of rotatable bonds is 7. The lowest BCUT2D eigenvalue weighted by Crippen LogP contribution is -2.51. The van der Waals surface area contributed by atoms with Crippen molar-refractivity contribution in [3.8, 4) is 0 Å². The minimum atomic E-state index is -0.421. The summed E-state index contributed by atoms with van der Waals surface area (Å²) in [5.41, 5.74) is 3.97. The second kappa shape index (κ2) is 14.0. The minimum Gasteiger partial charge on any atom is -0.343 e. The summed E-state index contributed by atoms with van der Waals surface area (Å²) >= 11 is 0. The summed E-state index contributed by atoms with van der Waals surface area (Å²) in [6, 6.07) is 18.0. The van der Waals surface area contributed by atoms with Crippen LogP contribution in [0.4, 0.5) is 10.5 Å². The summed E-state index contributed by atoms with van der Waals surface area (Å²) < 4.78 is 0. The van der Waals surface area contributed by atoms with Crippen LogP contribution in [-0.4, -0.2) is 94.8 Å². The minimum absolute atomic E-state index is 0.0369. The van der Waals surface area contributed by atoms with Gasteiger partial charge in [0.25, 0.3) is 0 Å². The van der Waals surface area contributed by atoms with Crippen molar-refractivity contribution in [3.05, 3.63) is 71.9 Å². The van der Waals surface area contributed by atoms with Crippen LogP contribution in [0.25, 0.3) is 10.9 Å². The number of hydrogen-bond donors (Lipinski definition) is 1. The van der Waals surface area contributed by atoms with Crippen LogP contribution in [0.1, 0.15) is 56.1 Å². The Morgan fingerprint density at radius 2 is 1.49 bits per heavy atom. The Morgan fingerprint density at radius 1 is 0.830 bits per heavy atom. The van der Waals surface area contributed by atoms with Crippen molar-refractivity contribution in [2.75, 3.05) is 51.6 Å². The molecule has 0 bridgehead atoms. The molecule has 47 heavy (non-hydrogen) atoms. The van der Waals surface area contributed by atoms with E-state index < -0.39 is 5.92 Å². The van der Waals surface area contributed by atoms with E-state index >= 15 is 0 Å². The van der Waals surface area contributed by atoms with E-state index in [2.05, 4.69) is 34.4 Å². The zero-order valence-corrected chi connectivity index (χ0v) is 27.7. The van der Waals surface area contributed by atoms with Gasteiger partial charge in [-0.2, -0.15) is 0 Å². The molecule has 5 heterocycles. The van der Waals surface area contributed by atoms with E-state index in [0.29, 0.717) is 32.0 Å². The van der Waals surface area contributed by atoms with Gasteiger partial charge in [-0.15, -0.1) is 0 Å². The first-order valence-electron chi connectivity index (χ1n) is 17.7. The number of para-hydroxylation sites is 2. The van der Waals surface area contributed by atoms with Crippen LogP contribution in [0.5, 0.6) is 0 Å². The second-order valence-electron chi connectivity index (χ2n) is 14.2. The number of anilines is 1. The van der Waals surface area contributed by atoms with E-state index in [4.69, 9.17) is 0 Å². The molecule has 1 N–H and O–H groups in total. The van der Waals surface area contributed by atoms with Crippen LogP contribution in [0.2, 0.25) is 0 Å². The van der Waals surface area contributed by atoms with Crippen LogP contribution >= 0.6 is 0 Å². The van der Waals surface area contributed by atoms with Gasteiger partial charge in [-0.3, -0.25) is 14.6 Å². The first-order valence-corrected chi connectivity index (χ1v) is 17.7. The first kappa shape index (κ1) is 31.6. The van der Waals surface area contributed by atoms with Gasteiger partial charge in [0.15, 0.2) is 0 Å². The largest absolute Gasteiger partial charge is 0.343 e. The Balaban J connectivity index is 1.01. The molecule has 4 aliphatic heterocycles. The number of urea groups is 1. The maximum atomic E-state index is 14.3. The molecule has 0 spiro atoms. The highest BCUT2D eigenvalue weighted by molar-refractivity contribution is 5.92. The summed E-state index contributed by atoms with van der Waals surface area (Å²) in [4.78, 5) is 53.9. The molecule has 2 aromatic carbocycles. The zero-order chi connectivity index (χ0) is 32.3. The third-order valence-corrected chi connectivity index (χ3v) is 11.4. The third kappa shape index (κ3) is 7.00. The molecule has 1 atom stereocenters. The SMILES string of the molecule is CN1CCC(C2CCN(C(=O)C(CC(=O)N3CCC(N4Cc5ccccc5NC4=O)CC3)Cc3ccnc4ccccc34)CC2)CC1. The number of nitrogens with one attached hydrogen (secondary N) is 1. The highest BCUT2D eigenvalue weighted by Crippen LogP contribution is 2.34. The number of fused-ring (bicyclic) bond motifs is 2. The van der Waals surface area contributed by atoms with Crippen LogP contribution < -0.4 is 5.32 Å². The van der Waals surface area contributed by atoms with Gasteiger partial charge >= 0.3 is 6.03 Å². The monoisotopic (exact) mass is 636 g/mol. The molecule has 4 amide bonds. The lowest BCUT2D eigenvalue weighted by Gasteiger charge is -2.41. The van der Waals surface area contributed by atoms with Gasteiger partial charge < -0.3 is 24.9 Å². The standard InChI is InChI=1S/C38H48N6O3/c1-41-18-11-27(12-19-41)28-13-20-43(21-14-28)37(46)31(24-29-10-17-39-35-9-5-3-7-33(29)35)25-36(45)42-22-15-32(16-23-42)44-26-30-6-2-4-8-34(30)40-38(44)47/h2-10,17,27-28,31-32H,11-16,18-26H2,1H3,(H,40,47). The average molecular weight is 637 g/mol. The van der Waals surface area contributed by atoms with Crippen molar-refractivity contribution in [3.63, 3.8) is 0 Å². The first-order chi connectivity index (χ1) is 22.9. The Morgan fingerprint density at radius 3 is 2.26 bits per heavy atom. The molecule has 1 aromatic heterocycles. The van der Waals surface area contributed by atoms with E-state index in [1.807, 2.05) is 63.4 Å². The van der Waals surface area contributed by atoms with Crippen LogP contribution in [0, 0.1) is 17.8 Å². The Labute approximate surface area is 278 Å². The molecular weight excluding hydrogens is 588 g/mol. The number of piperidine rings is 3. The molecule has 9 nitrogen and oxygen atoms in total. The van der Waals surface area contributed by atoms with Gasteiger partial charge in [0.2, 0.25) is 11.8 Å². The lowest BCUT2D eigenvalue weighted by molar-refractivity contribution is -0.143. The Kier molecular flexibility index (Phi) is 9.43. The second-order valence-corrected chi connectivity index (χ2v) is 14.2. The fraction of sp³-hybridized carbons (Fsp3) is 0.526. The van der Waals surface area contributed by atoms with Crippen molar-refractivity contribution in [1.82, 2.24) is 24.6 Å². The molecule has 0 saturated carbocycles. The van der Waals surface area contributed by atoms with Gasteiger partial charge in [-0.05, 0) is 106 Å². The van der Waals surface area contributed by atoms with Crippen LogP contribution in [0.15, 0.2) is 60.8 Å². The smallest absolute Gasteiger partial charge is 0.322 e. The summed E-state index contributed by atoms with van der Waals surface area (Å²) in [6.45, 7) is 5.68. The average Bonchev–Trinajstić information content (AvgIpc) is 3.11. The quantitative estimate of drug-likeness (QED) is 0.375. The molecular formula is C38H48N6O3. The molecule has 9 heteroatoms. The predicted octanol–water partition coefficient (Wildman–Crippen LogP) is 5.40. The van der Waals surface area contributed by atoms with Crippen molar-refractivity contribution in [1.29, 1.82) is 0 Å². The Hall–Kier alpha value is -3.98. The van der Waals surface area contributed by atoms with E-state index in [-0.39, 0.29) is 30.3 Å². The molecule has 1 unspecified atom stereocenters. The number of carbonyl (C=O) groups is 3. The molecule has 3 aromatic rings. The number of nitrogens with zero attached hydrogens (tertiary/aromatic N) is 5. The Bertz CT molecular complexity index is 1580. The number of hydrogen-bond acceptors (Lipinski definition) is 5. The summed E-state index contributed by atoms with van der Waals surface area (Å²) in [6.07, 6.45) is 8.63. The van der Waals surface area contributed by atoms with Gasteiger partial charge in [-0.25, -0.2) is 4.79 Å². The number of aromatic nitrogens is 1. The normalized spacial score (nSPS) is 21.0. The number of benzene rings is 2. The molecule has 3 fully saturated rings. The lowest BCUT2D eigenvalue weighted by atomic mass is 9.78. The number of likely N-dealkylation sites (tertiary alicyclic amines) is 3. The van der Waals surface area contributed by atoms with E-state index in [1.165, 1.54) is 25.9 Å². The van der Waals surface area contributed by atoms with Gasteiger partial charge in [0.1, 0.15) is 0 Å². The summed E-state index contributed by atoms with van der Waals surface area (Å²) in [7, 11) is 2.21. The summed E-state index contributed by atoms with van der Waals surface area (Å²) in [5, 5.41) is 4.07. The van der Waals surface area contributed by atoms with E-state index in [9.17, 15) is 14.4 Å². The van der Waals surface area contributed by atoms with Crippen molar-refractivity contribution in [2.24, 2.45) is 17.8 Å². The molecule has 3 saturated heterocycles. The van der Waals surface area contributed by atoms with Crippen molar-refractivity contribution < 1.29 is 14.4 Å². The highest BCUT2D eigenvalue weighted by atomic mass is 16.2. The van der Waals surface area contributed by atoms with Crippen molar-refractivity contribution in [2.45, 2.75) is 64.0 Å². The highest BCUT2D eigenvalue weighted by Gasteiger charge is 2.36. The van der Waals surface area contributed by atoms with E-state index in [0.717, 1.165) is 72.4 Å². The maximum absolute atomic E-state index is 14.3. The number of pyridine rings is 1. The fourth-order valence-corrected chi connectivity index (χ4v) is 8.48. The fourth-order valence-electron chi connectivity index (χ4n) is 8.48. The summed E-state index contributed by atoms with van der Waals surface area (Å²) in [5.74, 6) is 1.18. The molecule has 0 radical (unpaired) electrons. The molecule has 0 aliphatic carbocycles. The van der Waals surface area contributed by atoms with Crippen molar-refractivity contribution >= 4 is 34.4 Å². The molecule has 248 valence electrons. The van der Waals surface area contributed by atoms with Gasteiger partial charge in [-0.1, -0.05) is 36.4 Å². The zero-order valence-electron chi connectivity index (χ0n) is 27.7. The predicted molar refractivity (Wildman–Crippen MR) is 184 cm³/mol. The molecule has 7 rings (SSSR count). The third-order valence-electron chi connectivity index (χ3n) is 11.4. The maximum Gasteiger partial charge on any atom is 0.322 e. The van der Waals surface area contributed by atoms with Crippen LogP contribution in [-0.2, 0) is 22.6 Å². The molecule has 4 aliphatic rings. The van der Waals surface area contributed by atoms with Gasteiger partial charge in [0.05, 0.1) is 11.4 Å². The number of amides is 4. The topological polar surface area (TPSA) is 89.1 Å². The van der Waals surface area contributed by atoms with Crippen LogP contribution in [0.3, 0.4) is 0 Å². The number of carbonyl (C=O) groups excluding carboxylic acids is 3.